The second kappa shape index (κ2) is 9.11. The van der Waals surface area contributed by atoms with Crippen LogP contribution in [0.2, 0.25) is 0 Å². The van der Waals surface area contributed by atoms with Crippen molar-refractivity contribution < 1.29 is 9.18 Å². The normalized spacial score (nSPS) is 14.8. The topological polar surface area (TPSA) is 50.2 Å². The molecule has 0 aliphatic carbocycles. The summed E-state index contributed by atoms with van der Waals surface area (Å²) < 4.78 is 15.4. The van der Waals surface area contributed by atoms with Crippen LogP contribution in [0.1, 0.15) is 18.4 Å². The maximum Gasteiger partial charge on any atom is 0.223 e. The molecule has 1 aromatic heterocycles. The molecule has 4 rings (SSSR count). The number of allylic oxidation sites excluding steroid dienone is 1. The molecule has 1 fully saturated rings. The third-order valence-electron chi connectivity index (χ3n) is 5.70. The summed E-state index contributed by atoms with van der Waals surface area (Å²) in [5.41, 5.74) is 2.97. The van der Waals surface area contributed by atoms with Gasteiger partial charge in [-0.05, 0) is 49.1 Å². The van der Waals surface area contributed by atoms with Gasteiger partial charge in [-0.2, -0.15) is 0 Å². The zero-order valence-corrected chi connectivity index (χ0v) is 17.1. The fraction of sp³-hybridized carbons (Fsp3) is 0.333. The van der Waals surface area contributed by atoms with Gasteiger partial charge in [-0.1, -0.05) is 30.3 Å². The van der Waals surface area contributed by atoms with Crippen LogP contribution in [0.4, 0.5) is 10.3 Å². The van der Waals surface area contributed by atoms with Gasteiger partial charge in [-0.3, -0.25) is 4.79 Å². The van der Waals surface area contributed by atoms with Crippen LogP contribution in [0.5, 0.6) is 0 Å². The van der Waals surface area contributed by atoms with Crippen LogP contribution in [0, 0.1) is 11.7 Å². The number of imidazole rings is 1. The number of para-hydroxylation sites is 2. The van der Waals surface area contributed by atoms with Crippen LogP contribution in [0.25, 0.3) is 11.0 Å². The molecule has 1 aliphatic rings. The fourth-order valence-corrected chi connectivity index (χ4v) is 4.12. The number of amides is 1. The van der Waals surface area contributed by atoms with Crippen molar-refractivity contribution in [2.24, 2.45) is 5.92 Å². The minimum atomic E-state index is -0.242. The molecule has 0 radical (unpaired) electrons. The Kier molecular flexibility index (Phi) is 6.12. The molecule has 0 spiro atoms. The van der Waals surface area contributed by atoms with Crippen molar-refractivity contribution in [1.29, 1.82) is 0 Å². The van der Waals surface area contributed by atoms with Crippen molar-refractivity contribution in [2.45, 2.75) is 25.8 Å². The molecule has 1 N–H and O–H groups in total. The van der Waals surface area contributed by atoms with Crippen LogP contribution in [0.15, 0.2) is 61.2 Å². The standard InChI is InChI=1S/C24H27FN4O/c1-2-14-29-22-9-4-3-8-21(22)27-24(29)28-15-11-19(12-16-28)23(30)26-13-10-18-6-5-7-20(25)17-18/h2-9,17,19H,1,10-16H2,(H,26,30). The highest BCUT2D eigenvalue weighted by atomic mass is 19.1. The second-order valence-electron chi connectivity index (χ2n) is 7.73. The molecule has 2 aromatic carbocycles. The smallest absolute Gasteiger partial charge is 0.223 e. The zero-order chi connectivity index (χ0) is 20.9. The highest BCUT2D eigenvalue weighted by Gasteiger charge is 2.27. The number of hydrogen-bond acceptors (Lipinski definition) is 3. The average Bonchev–Trinajstić information content (AvgIpc) is 3.13. The number of nitrogens with one attached hydrogen (secondary N) is 1. The van der Waals surface area contributed by atoms with Gasteiger partial charge in [-0.25, -0.2) is 9.37 Å². The van der Waals surface area contributed by atoms with Crippen LogP contribution in [-0.2, 0) is 17.8 Å². The molecule has 30 heavy (non-hydrogen) atoms. The Bertz CT molecular complexity index is 1040. The zero-order valence-electron chi connectivity index (χ0n) is 17.1. The highest BCUT2D eigenvalue weighted by molar-refractivity contribution is 5.80. The van der Waals surface area contributed by atoms with Crippen molar-refractivity contribution in [3.8, 4) is 0 Å². The van der Waals surface area contributed by atoms with E-state index in [0.29, 0.717) is 19.5 Å². The maximum absolute atomic E-state index is 13.3. The molecule has 0 saturated carbocycles. The lowest BCUT2D eigenvalue weighted by Gasteiger charge is -2.32. The molecule has 1 aliphatic heterocycles. The van der Waals surface area contributed by atoms with Crippen molar-refractivity contribution >= 4 is 22.9 Å². The quantitative estimate of drug-likeness (QED) is 0.605. The summed E-state index contributed by atoms with van der Waals surface area (Å²) in [4.78, 5) is 19.7. The Balaban J connectivity index is 1.33. The number of nitrogens with zero attached hydrogens (tertiary/aromatic N) is 3. The first-order chi connectivity index (χ1) is 14.7. The summed E-state index contributed by atoms with van der Waals surface area (Å²) in [5.74, 6) is 0.798. The van der Waals surface area contributed by atoms with E-state index in [9.17, 15) is 9.18 Å². The van der Waals surface area contributed by atoms with Crippen LogP contribution in [-0.4, -0.2) is 35.1 Å². The van der Waals surface area contributed by atoms with E-state index in [2.05, 4.69) is 27.4 Å². The summed E-state index contributed by atoms with van der Waals surface area (Å²) >= 11 is 0. The second-order valence-corrected chi connectivity index (χ2v) is 7.73. The fourth-order valence-electron chi connectivity index (χ4n) is 4.12. The summed E-state index contributed by atoms with van der Waals surface area (Å²) in [6.45, 7) is 6.70. The van der Waals surface area contributed by atoms with E-state index < -0.39 is 0 Å². The lowest BCUT2D eigenvalue weighted by atomic mass is 9.96. The predicted molar refractivity (Wildman–Crippen MR) is 118 cm³/mol. The van der Waals surface area contributed by atoms with Crippen molar-refractivity contribution in [3.05, 3.63) is 72.6 Å². The Morgan fingerprint density at radius 2 is 2.00 bits per heavy atom. The van der Waals surface area contributed by atoms with Crippen LogP contribution < -0.4 is 10.2 Å². The summed E-state index contributed by atoms with van der Waals surface area (Å²) in [5, 5.41) is 3.01. The molecule has 1 saturated heterocycles. The van der Waals surface area contributed by atoms with E-state index in [-0.39, 0.29) is 17.6 Å². The van der Waals surface area contributed by atoms with E-state index in [1.807, 2.05) is 30.3 Å². The Labute approximate surface area is 176 Å². The van der Waals surface area contributed by atoms with Gasteiger partial charge in [0.1, 0.15) is 5.82 Å². The molecular weight excluding hydrogens is 379 g/mol. The third-order valence-corrected chi connectivity index (χ3v) is 5.70. The van der Waals surface area contributed by atoms with Gasteiger partial charge < -0.3 is 14.8 Å². The number of fused-ring (bicyclic) bond motifs is 1. The third kappa shape index (κ3) is 4.37. The van der Waals surface area contributed by atoms with Gasteiger partial charge >= 0.3 is 0 Å². The number of aromatic nitrogens is 2. The minimum Gasteiger partial charge on any atom is -0.356 e. The van der Waals surface area contributed by atoms with E-state index in [4.69, 9.17) is 4.98 Å². The van der Waals surface area contributed by atoms with Gasteiger partial charge in [0.2, 0.25) is 11.9 Å². The number of piperidine rings is 1. The summed E-state index contributed by atoms with van der Waals surface area (Å²) in [7, 11) is 0. The first-order valence-electron chi connectivity index (χ1n) is 10.5. The first kappa shape index (κ1) is 20.1. The van der Waals surface area contributed by atoms with E-state index in [0.717, 1.165) is 48.5 Å². The molecule has 3 aromatic rings. The Morgan fingerprint density at radius 3 is 2.77 bits per heavy atom. The number of benzene rings is 2. The van der Waals surface area contributed by atoms with Gasteiger partial charge in [-0.15, -0.1) is 6.58 Å². The molecule has 0 unspecified atom stereocenters. The molecule has 1 amide bonds. The Morgan fingerprint density at radius 1 is 1.20 bits per heavy atom. The number of carbonyl (C=O) groups excluding carboxylic acids is 1. The Hall–Kier alpha value is -3.15. The number of halogens is 1. The SMILES string of the molecule is C=CCn1c(N2CCC(C(=O)NCCc3cccc(F)c3)CC2)nc2ccccc21. The van der Waals surface area contributed by atoms with Gasteiger partial charge in [0.25, 0.3) is 0 Å². The van der Waals surface area contributed by atoms with Crippen LogP contribution in [0.3, 0.4) is 0 Å². The highest BCUT2D eigenvalue weighted by Crippen LogP contribution is 2.27. The van der Waals surface area contributed by atoms with Crippen molar-refractivity contribution in [2.75, 3.05) is 24.5 Å². The molecule has 0 bridgehead atoms. The summed E-state index contributed by atoms with van der Waals surface area (Å²) in [6, 6.07) is 14.6. The molecule has 156 valence electrons. The molecule has 6 heteroatoms. The number of hydrogen-bond donors (Lipinski definition) is 1. The molecule has 2 heterocycles. The molecular formula is C24H27FN4O. The lowest BCUT2D eigenvalue weighted by molar-refractivity contribution is -0.125. The van der Waals surface area contributed by atoms with Gasteiger partial charge in [0, 0.05) is 32.1 Å². The predicted octanol–water partition coefficient (Wildman–Crippen LogP) is 3.94. The first-order valence-corrected chi connectivity index (χ1v) is 10.5. The number of rotatable bonds is 7. The van der Waals surface area contributed by atoms with Gasteiger partial charge in [0.15, 0.2) is 0 Å². The van der Waals surface area contributed by atoms with Gasteiger partial charge in [0.05, 0.1) is 11.0 Å². The summed E-state index contributed by atoms with van der Waals surface area (Å²) in [6.07, 6.45) is 4.11. The van der Waals surface area contributed by atoms with Crippen molar-refractivity contribution in [3.63, 3.8) is 0 Å². The monoisotopic (exact) mass is 406 g/mol. The number of anilines is 1. The van der Waals surface area contributed by atoms with Crippen molar-refractivity contribution in [1.82, 2.24) is 14.9 Å². The molecule has 5 nitrogen and oxygen atoms in total. The number of carbonyl (C=O) groups is 1. The largest absolute Gasteiger partial charge is 0.356 e. The molecule has 0 atom stereocenters. The van der Waals surface area contributed by atoms with E-state index in [1.165, 1.54) is 12.1 Å². The van der Waals surface area contributed by atoms with E-state index >= 15 is 0 Å². The minimum absolute atomic E-state index is 0.00555. The average molecular weight is 407 g/mol. The van der Waals surface area contributed by atoms with Crippen LogP contribution >= 0.6 is 0 Å². The van der Waals surface area contributed by atoms with E-state index in [1.54, 1.807) is 6.07 Å². The maximum atomic E-state index is 13.3. The lowest BCUT2D eigenvalue weighted by Crippen LogP contribution is -2.41.